The van der Waals surface area contributed by atoms with Crippen LogP contribution < -0.4 is 5.32 Å². The Morgan fingerprint density at radius 1 is 1.17 bits per heavy atom. The quantitative estimate of drug-likeness (QED) is 0.864. The largest absolute Gasteiger partial charge is 0.465 e. The topological polar surface area (TPSA) is 55.4 Å². The normalized spacial score (nSPS) is 16.2. The van der Waals surface area contributed by atoms with Crippen molar-refractivity contribution in [3.05, 3.63) is 65.0 Å². The summed E-state index contributed by atoms with van der Waals surface area (Å²) >= 11 is 1.66. The first kappa shape index (κ1) is 16.5. The van der Waals surface area contributed by atoms with E-state index in [4.69, 9.17) is 0 Å². The molecule has 24 heavy (non-hydrogen) atoms. The fourth-order valence-electron chi connectivity index (χ4n) is 2.63. The first-order valence-corrected chi connectivity index (χ1v) is 8.48. The zero-order valence-electron chi connectivity index (χ0n) is 13.0. The van der Waals surface area contributed by atoms with Gasteiger partial charge in [0.2, 0.25) is 0 Å². The van der Waals surface area contributed by atoms with Gasteiger partial charge in [0.05, 0.1) is 18.7 Å². The summed E-state index contributed by atoms with van der Waals surface area (Å²) < 4.78 is 18.1. The Bertz CT molecular complexity index is 776. The second-order valence-electron chi connectivity index (χ2n) is 5.41. The van der Waals surface area contributed by atoms with E-state index in [1.165, 1.54) is 19.2 Å². The number of carbonyl (C=O) groups is 2. The number of hydrogen-bond donors (Lipinski definition) is 1. The average Bonchev–Trinajstić information content (AvgIpc) is 2.61. The van der Waals surface area contributed by atoms with Crippen molar-refractivity contribution in [1.82, 2.24) is 5.32 Å². The van der Waals surface area contributed by atoms with Gasteiger partial charge >= 0.3 is 5.97 Å². The number of rotatable bonds is 3. The number of methoxy groups -OCH3 is 1. The monoisotopic (exact) mass is 345 g/mol. The molecule has 0 saturated heterocycles. The van der Waals surface area contributed by atoms with Gasteiger partial charge in [-0.05, 0) is 54.4 Å². The molecular weight excluding hydrogens is 329 g/mol. The molecule has 1 heterocycles. The predicted octanol–water partition coefficient (Wildman–Crippen LogP) is 3.58. The number of nitrogens with one attached hydrogen (secondary N) is 1. The summed E-state index contributed by atoms with van der Waals surface area (Å²) in [6.07, 6.45) is 0.743. The minimum absolute atomic E-state index is 0.218. The minimum Gasteiger partial charge on any atom is -0.465 e. The number of hydrogen-bond acceptors (Lipinski definition) is 4. The third-order valence-corrected chi connectivity index (χ3v) is 5.01. The summed E-state index contributed by atoms with van der Waals surface area (Å²) in [5.41, 5.74) is 1.64. The van der Waals surface area contributed by atoms with E-state index in [0.29, 0.717) is 11.1 Å². The Labute approximate surface area is 143 Å². The summed E-state index contributed by atoms with van der Waals surface area (Å²) in [6.45, 7) is 0. The molecule has 1 atom stereocenters. The molecule has 0 bridgehead atoms. The molecule has 0 fully saturated rings. The molecule has 0 aromatic heterocycles. The van der Waals surface area contributed by atoms with Crippen LogP contribution in [0.2, 0.25) is 0 Å². The predicted molar refractivity (Wildman–Crippen MR) is 89.7 cm³/mol. The van der Waals surface area contributed by atoms with Crippen molar-refractivity contribution in [2.45, 2.75) is 17.4 Å². The highest BCUT2D eigenvalue weighted by molar-refractivity contribution is 7.99. The summed E-state index contributed by atoms with van der Waals surface area (Å²) in [5.74, 6) is -0.141. The van der Waals surface area contributed by atoms with Crippen molar-refractivity contribution in [1.29, 1.82) is 0 Å². The first-order chi connectivity index (χ1) is 11.6. The van der Waals surface area contributed by atoms with Gasteiger partial charge in [-0.1, -0.05) is 0 Å². The van der Waals surface area contributed by atoms with Crippen LogP contribution >= 0.6 is 11.8 Å². The second kappa shape index (κ2) is 7.05. The van der Waals surface area contributed by atoms with Crippen molar-refractivity contribution < 1.29 is 18.7 Å². The fourth-order valence-corrected chi connectivity index (χ4v) is 3.74. The number of fused-ring (bicyclic) bond motifs is 1. The van der Waals surface area contributed by atoms with E-state index in [1.807, 2.05) is 0 Å². The molecule has 1 N–H and O–H groups in total. The standard InChI is InChI=1S/C18H16FNO3S/c1-23-18(22)12-4-2-11(3-5-12)17(21)20-15-8-9-24-16-7-6-13(19)10-14(15)16/h2-7,10,15H,8-9H2,1H3,(H,20,21)/t15-/m0/s1. The van der Waals surface area contributed by atoms with Crippen molar-refractivity contribution in [3.8, 4) is 0 Å². The molecule has 0 spiro atoms. The van der Waals surface area contributed by atoms with Gasteiger partial charge < -0.3 is 10.1 Å². The van der Waals surface area contributed by atoms with Crippen molar-refractivity contribution >= 4 is 23.6 Å². The van der Waals surface area contributed by atoms with Crippen LogP contribution in [0, 0.1) is 5.82 Å². The Morgan fingerprint density at radius 2 is 1.88 bits per heavy atom. The zero-order valence-corrected chi connectivity index (χ0v) is 13.9. The van der Waals surface area contributed by atoms with Gasteiger partial charge in [-0.15, -0.1) is 11.8 Å². The molecular formula is C18H16FNO3S. The smallest absolute Gasteiger partial charge is 0.337 e. The number of esters is 1. The molecule has 124 valence electrons. The van der Waals surface area contributed by atoms with E-state index in [0.717, 1.165) is 22.6 Å². The molecule has 3 rings (SSSR count). The fraction of sp³-hybridized carbons (Fsp3) is 0.222. The summed E-state index contributed by atoms with van der Waals surface area (Å²) in [6, 6.07) is 10.7. The van der Waals surface area contributed by atoms with Gasteiger partial charge in [-0.25, -0.2) is 9.18 Å². The molecule has 2 aromatic carbocycles. The van der Waals surface area contributed by atoms with Gasteiger partial charge in [-0.3, -0.25) is 4.79 Å². The van der Waals surface area contributed by atoms with Crippen LogP contribution in [0.3, 0.4) is 0 Å². The first-order valence-electron chi connectivity index (χ1n) is 7.50. The van der Waals surface area contributed by atoms with E-state index in [2.05, 4.69) is 10.1 Å². The molecule has 1 aliphatic heterocycles. The van der Waals surface area contributed by atoms with E-state index in [1.54, 1.807) is 42.1 Å². The summed E-state index contributed by atoms with van der Waals surface area (Å²) in [7, 11) is 1.31. The Balaban J connectivity index is 1.76. The van der Waals surface area contributed by atoms with Gasteiger partial charge in [0.1, 0.15) is 5.82 Å². The van der Waals surface area contributed by atoms with E-state index >= 15 is 0 Å². The third-order valence-electron chi connectivity index (χ3n) is 3.88. The van der Waals surface area contributed by atoms with Gasteiger partial charge in [-0.2, -0.15) is 0 Å². The number of amides is 1. The molecule has 1 amide bonds. The van der Waals surface area contributed by atoms with E-state index < -0.39 is 5.97 Å². The molecule has 0 unspecified atom stereocenters. The van der Waals surface area contributed by atoms with Gasteiger partial charge in [0, 0.05) is 16.2 Å². The number of halogens is 1. The van der Waals surface area contributed by atoms with Crippen molar-refractivity contribution in [2.75, 3.05) is 12.9 Å². The molecule has 4 nitrogen and oxygen atoms in total. The van der Waals surface area contributed by atoms with E-state index in [9.17, 15) is 14.0 Å². The lowest BCUT2D eigenvalue weighted by Crippen LogP contribution is -2.30. The molecule has 6 heteroatoms. The van der Waals surface area contributed by atoms with Crippen molar-refractivity contribution in [3.63, 3.8) is 0 Å². The minimum atomic E-state index is -0.448. The maximum absolute atomic E-state index is 13.5. The second-order valence-corrected chi connectivity index (χ2v) is 6.55. The number of ether oxygens (including phenoxy) is 1. The van der Waals surface area contributed by atoms with Gasteiger partial charge in [0.25, 0.3) is 5.91 Å². The SMILES string of the molecule is COC(=O)c1ccc(C(=O)N[C@H]2CCSc3ccc(F)cc32)cc1. The molecule has 0 aliphatic carbocycles. The van der Waals surface area contributed by atoms with Crippen LogP contribution in [0.4, 0.5) is 4.39 Å². The highest BCUT2D eigenvalue weighted by atomic mass is 32.2. The average molecular weight is 345 g/mol. The molecule has 2 aromatic rings. The third kappa shape index (κ3) is 3.43. The number of benzene rings is 2. The number of carbonyl (C=O) groups excluding carboxylic acids is 2. The number of thioether (sulfide) groups is 1. The lowest BCUT2D eigenvalue weighted by atomic mass is 10.0. The highest BCUT2D eigenvalue weighted by Gasteiger charge is 2.23. The Hall–Kier alpha value is -2.34. The molecule has 1 aliphatic rings. The molecule has 0 saturated carbocycles. The van der Waals surface area contributed by atoms with E-state index in [-0.39, 0.29) is 17.8 Å². The maximum Gasteiger partial charge on any atom is 0.337 e. The summed E-state index contributed by atoms with van der Waals surface area (Å²) in [5, 5.41) is 2.95. The van der Waals surface area contributed by atoms with Crippen LogP contribution in [0.5, 0.6) is 0 Å². The van der Waals surface area contributed by atoms with Crippen molar-refractivity contribution in [2.24, 2.45) is 0 Å². The Morgan fingerprint density at radius 3 is 2.58 bits per heavy atom. The summed E-state index contributed by atoms with van der Waals surface area (Å²) in [4.78, 5) is 24.8. The van der Waals surface area contributed by atoms with Crippen LogP contribution in [-0.2, 0) is 4.74 Å². The van der Waals surface area contributed by atoms with Gasteiger partial charge in [0.15, 0.2) is 0 Å². The lowest BCUT2D eigenvalue weighted by molar-refractivity contribution is 0.0600. The van der Waals surface area contributed by atoms with Crippen LogP contribution in [-0.4, -0.2) is 24.7 Å². The Kier molecular flexibility index (Phi) is 4.85. The van der Waals surface area contributed by atoms with Crippen LogP contribution in [0.25, 0.3) is 0 Å². The molecule has 0 radical (unpaired) electrons. The highest BCUT2D eigenvalue weighted by Crippen LogP contribution is 2.36. The zero-order chi connectivity index (χ0) is 17.1. The van der Waals surface area contributed by atoms with Crippen LogP contribution in [0.1, 0.15) is 38.7 Å². The maximum atomic E-state index is 13.5. The van der Waals surface area contributed by atoms with Crippen LogP contribution in [0.15, 0.2) is 47.4 Å². The lowest BCUT2D eigenvalue weighted by Gasteiger charge is -2.26.